The Kier molecular flexibility index (Phi) is 5.26. The summed E-state index contributed by atoms with van der Waals surface area (Å²) in [5.74, 6) is 0.173. The van der Waals surface area contributed by atoms with Crippen LogP contribution in [0.25, 0.3) is 11.1 Å². The molecule has 0 spiro atoms. The van der Waals surface area contributed by atoms with Gasteiger partial charge in [0.2, 0.25) is 0 Å². The van der Waals surface area contributed by atoms with Crippen LogP contribution in [0.1, 0.15) is 23.2 Å². The summed E-state index contributed by atoms with van der Waals surface area (Å²) in [7, 11) is 1.85. The van der Waals surface area contributed by atoms with Crippen LogP contribution in [0.2, 0.25) is 0 Å². The average molecular weight is 394 g/mol. The van der Waals surface area contributed by atoms with Gasteiger partial charge in [-0.25, -0.2) is 4.39 Å². The zero-order valence-corrected chi connectivity index (χ0v) is 16.2. The lowest BCUT2D eigenvalue weighted by atomic mass is 10.1. The minimum absolute atomic E-state index is 0.213. The van der Waals surface area contributed by atoms with Gasteiger partial charge in [0.25, 0.3) is 5.91 Å². The van der Waals surface area contributed by atoms with E-state index in [1.165, 1.54) is 12.3 Å². The van der Waals surface area contributed by atoms with Gasteiger partial charge in [-0.05, 0) is 25.0 Å². The van der Waals surface area contributed by atoms with Gasteiger partial charge >= 0.3 is 0 Å². The third-order valence-corrected chi connectivity index (χ3v) is 5.18. The molecule has 1 amide bonds. The van der Waals surface area contributed by atoms with Crippen molar-refractivity contribution in [2.24, 2.45) is 12.8 Å². The number of anilines is 2. The zero-order chi connectivity index (χ0) is 20.4. The van der Waals surface area contributed by atoms with Crippen molar-refractivity contribution in [1.29, 1.82) is 0 Å². The molecule has 7 nitrogen and oxygen atoms in total. The lowest BCUT2D eigenvalue weighted by Crippen LogP contribution is -2.40. The molecule has 1 aliphatic rings. The van der Waals surface area contributed by atoms with Crippen molar-refractivity contribution >= 4 is 17.4 Å². The molecule has 1 aromatic carbocycles. The maximum atomic E-state index is 14.1. The van der Waals surface area contributed by atoms with Crippen LogP contribution in [0.3, 0.4) is 0 Å². The van der Waals surface area contributed by atoms with Gasteiger partial charge in [-0.15, -0.1) is 0 Å². The van der Waals surface area contributed by atoms with Crippen LogP contribution in [0.4, 0.5) is 15.9 Å². The predicted octanol–water partition coefficient (Wildman–Crippen LogP) is 2.80. The molecule has 0 unspecified atom stereocenters. The Morgan fingerprint density at radius 3 is 2.72 bits per heavy atom. The number of nitrogens with one attached hydrogen (secondary N) is 1. The van der Waals surface area contributed by atoms with E-state index in [9.17, 15) is 9.18 Å². The van der Waals surface area contributed by atoms with Crippen molar-refractivity contribution in [2.45, 2.75) is 18.9 Å². The van der Waals surface area contributed by atoms with E-state index in [0.29, 0.717) is 22.4 Å². The molecule has 2 aromatic heterocycles. The van der Waals surface area contributed by atoms with E-state index < -0.39 is 0 Å². The Balaban J connectivity index is 1.57. The first-order valence-electron chi connectivity index (χ1n) is 9.57. The number of piperidine rings is 1. The number of hydrogen-bond donors (Lipinski definition) is 2. The molecule has 8 heteroatoms. The molecule has 0 radical (unpaired) electrons. The number of benzene rings is 1. The summed E-state index contributed by atoms with van der Waals surface area (Å²) < 4.78 is 15.8. The van der Waals surface area contributed by atoms with Gasteiger partial charge in [0.05, 0.1) is 11.8 Å². The van der Waals surface area contributed by atoms with E-state index in [2.05, 4.69) is 20.3 Å². The van der Waals surface area contributed by atoms with E-state index in [1.54, 1.807) is 41.3 Å². The zero-order valence-electron chi connectivity index (χ0n) is 16.2. The summed E-state index contributed by atoms with van der Waals surface area (Å²) in [6, 6.07) is 8.27. The maximum absolute atomic E-state index is 14.1. The van der Waals surface area contributed by atoms with Crippen LogP contribution in [-0.2, 0) is 7.05 Å². The minimum atomic E-state index is -0.357. The number of carbonyl (C=O) groups is 1. The largest absolute Gasteiger partial charge is 0.355 e. The van der Waals surface area contributed by atoms with Crippen LogP contribution < -0.4 is 16.0 Å². The maximum Gasteiger partial charge on any atom is 0.257 e. The van der Waals surface area contributed by atoms with Crippen LogP contribution >= 0.6 is 0 Å². The predicted molar refractivity (Wildman–Crippen MR) is 110 cm³/mol. The van der Waals surface area contributed by atoms with Gasteiger partial charge in [0.1, 0.15) is 11.5 Å². The van der Waals surface area contributed by atoms with Crippen molar-refractivity contribution < 1.29 is 9.18 Å². The number of rotatable bonds is 4. The summed E-state index contributed by atoms with van der Waals surface area (Å²) in [4.78, 5) is 19.2. The van der Waals surface area contributed by atoms with Crippen LogP contribution in [0.5, 0.6) is 0 Å². The van der Waals surface area contributed by atoms with Crippen LogP contribution in [0, 0.1) is 5.82 Å². The number of halogens is 1. The minimum Gasteiger partial charge on any atom is -0.355 e. The second kappa shape index (κ2) is 8.00. The first kappa shape index (κ1) is 19.1. The van der Waals surface area contributed by atoms with Crippen LogP contribution in [0.15, 0.2) is 48.9 Å². The SMILES string of the molecule is Cn1ncc(NC(=O)c2cncc(-c3ccccc3F)c2)c1N1CCC(N)CC1. The second-order valence-corrected chi connectivity index (χ2v) is 7.23. The number of pyridine rings is 1. The number of hydrogen-bond acceptors (Lipinski definition) is 5. The summed E-state index contributed by atoms with van der Waals surface area (Å²) >= 11 is 0. The topological polar surface area (TPSA) is 89.1 Å². The number of nitrogens with two attached hydrogens (primary N) is 1. The van der Waals surface area contributed by atoms with E-state index in [4.69, 9.17) is 5.73 Å². The van der Waals surface area contributed by atoms with Gasteiger partial charge in [0.15, 0.2) is 5.82 Å². The van der Waals surface area contributed by atoms with Gasteiger partial charge in [-0.3, -0.25) is 14.5 Å². The molecule has 29 heavy (non-hydrogen) atoms. The molecule has 0 aliphatic carbocycles. The Morgan fingerprint density at radius 2 is 1.97 bits per heavy atom. The molecule has 3 N–H and O–H groups in total. The Bertz CT molecular complexity index is 1030. The third-order valence-electron chi connectivity index (χ3n) is 5.18. The fourth-order valence-electron chi connectivity index (χ4n) is 3.61. The Hall–Kier alpha value is -3.26. The van der Waals surface area contributed by atoms with E-state index in [1.807, 2.05) is 7.05 Å². The molecule has 0 atom stereocenters. The van der Waals surface area contributed by atoms with Gasteiger partial charge in [-0.2, -0.15) is 5.10 Å². The van der Waals surface area contributed by atoms with E-state index >= 15 is 0 Å². The molecule has 4 rings (SSSR count). The van der Waals surface area contributed by atoms with Gasteiger partial charge in [0, 0.05) is 49.7 Å². The number of aryl methyl sites for hydroxylation is 1. The molecular weight excluding hydrogens is 371 g/mol. The average Bonchev–Trinajstić information content (AvgIpc) is 3.09. The first-order valence-corrected chi connectivity index (χ1v) is 9.57. The highest BCUT2D eigenvalue weighted by molar-refractivity contribution is 6.06. The summed E-state index contributed by atoms with van der Waals surface area (Å²) in [5.41, 5.74) is 7.93. The number of carbonyl (C=O) groups excluding carboxylic acids is 1. The third kappa shape index (κ3) is 3.97. The second-order valence-electron chi connectivity index (χ2n) is 7.23. The molecule has 150 valence electrons. The molecule has 3 aromatic rings. The van der Waals surface area contributed by atoms with Crippen molar-refractivity contribution in [1.82, 2.24) is 14.8 Å². The van der Waals surface area contributed by atoms with E-state index in [-0.39, 0.29) is 17.8 Å². The number of nitrogens with zero attached hydrogens (tertiary/aromatic N) is 4. The fraction of sp³-hybridized carbons (Fsp3) is 0.286. The Labute approximate surface area is 168 Å². The lowest BCUT2D eigenvalue weighted by molar-refractivity contribution is 0.102. The molecule has 1 saturated heterocycles. The molecule has 3 heterocycles. The molecule has 0 saturated carbocycles. The normalized spacial score (nSPS) is 14.8. The summed E-state index contributed by atoms with van der Waals surface area (Å²) in [5, 5.41) is 7.22. The molecule has 1 fully saturated rings. The molecule has 0 bridgehead atoms. The van der Waals surface area contributed by atoms with E-state index in [0.717, 1.165) is 31.7 Å². The highest BCUT2D eigenvalue weighted by Crippen LogP contribution is 2.28. The van der Waals surface area contributed by atoms with Crippen molar-refractivity contribution in [3.8, 4) is 11.1 Å². The van der Waals surface area contributed by atoms with Crippen molar-refractivity contribution in [3.05, 3.63) is 60.3 Å². The van der Waals surface area contributed by atoms with Crippen LogP contribution in [-0.4, -0.2) is 39.8 Å². The number of amides is 1. The fourth-order valence-corrected chi connectivity index (χ4v) is 3.61. The summed E-state index contributed by atoms with van der Waals surface area (Å²) in [6.45, 7) is 1.63. The Morgan fingerprint density at radius 1 is 1.21 bits per heavy atom. The van der Waals surface area contributed by atoms with Crippen molar-refractivity contribution in [2.75, 3.05) is 23.3 Å². The van der Waals surface area contributed by atoms with Gasteiger partial charge in [-0.1, -0.05) is 18.2 Å². The summed E-state index contributed by atoms with van der Waals surface area (Å²) in [6.07, 6.45) is 6.44. The smallest absolute Gasteiger partial charge is 0.257 e. The monoisotopic (exact) mass is 394 g/mol. The quantitative estimate of drug-likeness (QED) is 0.710. The van der Waals surface area contributed by atoms with Gasteiger partial charge < -0.3 is 16.0 Å². The lowest BCUT2D eigenvalue weighted by Gasteiger charge is -2.32. The standard InChI is InChI=1S/C21H23FN6O/c1-27-21(28-8-6-16(23)7-9-28)19(13-25-27)26-20(29)15-10-14(11-24-12-15)17-4-2-3-5-18(17)22/h2-5,10-13,16H,6-9,23H2,1H3,(H,26,29). The van der Waals surface area contributed by atoms with Crippen molar-refractivity contribution in [3.63, 3.8) is 0 Å². The highest BCUT2D eigenvalue weighted by Gasteiger charge is 2.23. The first-order chi connectivity index (χ1) is 14.0. The highest BCUT2D eigenvalue weighted by atomic mass is 19.1. The molecule has 1 aliphatic heterocycles. The molecular formula is C21H23FN6O. The number of aromatic nitrogens is 3.